The second-order valence-electron chi connectivity index (χ2n) is 6.35. The summed E-state index contributed by atoms with van der Waals surface area (Å²) in [6, 6.07) is 11.4. The molecule has 0 aromatic carbocycles. The van der Waals surface area contributed by atoms with Gasteiger partial charge in [0.25, 0.3) is 5.88 Å². The lowest BCUT2D eigenvalue weighted by Crippen LogP contribution is -2.03. The molecule has 146 valence electrons. The summed E-state index contributed by atoms with van der Waals surface area (Å²) in [6.45, 7) is 0.283. The van der Waals surface area contributed by atoms with Crippen molar-refractivity contribution in [2.75, 3.05) is 14.2 Å². The minimum Gasteiger partial charge on any atom is -0.495 e. The van der Waals surface area contributed by atoms with Crippen LogP contribution in [0.2, 0.25) is 0 Å². The Kier molecular flexibility index (Phi) is 5.47. The minimum atomic E-state index is 0.283. The smallest absolute Gasteiger partial charge is 0.257 e. The molecule has 4 heterocycles. The van der Waals surface area contributed by atoms with E-state index in [0.717, 1.165) is 27.9 Å². The van der Waals surface area contributed by atoms with Crippen molar-refractivity contribution in [2.24, 2.45) is 0 Å². The number of rotatable bonds is 7. The molecular formula is C22H20N4O3. The van der Waals surface area contributed by atoms with Gasteiger partial charge in [0.2, 0.25) is 0 Å². The highest BCUT2D eigenvalue weighted by atomic mass is 16.5. The number of ether oxygens (including phenoxy) is 3. The Labute approximate surface area is 168 Å². The van der Waals surface area contributed by atoms with Crippen LogP contribution < -0.4 is 14.2 Å². The second kappa shape index (κ2) is 8.52. The molecule has 4 aromatic heterocycles. The van der Waals surface area contributed by atoms with Crippen LogP contribution in [-0.2, 0) is 13.0 Å². The number of pyridine rings is 4. The Hall–Kier alpha value is -3.74. The molecule has 0 atom stereocenters. The quantitative estimate of drug-likeness (QED) is 0.478. The summed E-state index contributed by atoms with van der Waals surface area (Å²) < 4.78 is 16.4. The average Bonchev–Trinajstić information content (AvgIpc) is 2.78. The lowest BCUT2D eigenvalue weighted by molar-refractivity contribution is 0.268. The molecule has 0 unspecified atom stereocenters. The fourth-order valence-electron chi connectivity index (χ4n) is 2.98. The predicted octanol–water partition coefficient (Wildman–Crippen LogP) is 3.61. The highest BCUT2D eigenvalue weighted by molar-refractivity contribution is 5.77. The molecule has 7 nitrogen and oxygen atoms in total. The average molecular weight is 388 g/mol. The largest absolute Gasteiger partial charge is 0.495 e. The number of nitrogens with zero attached hydrogens (tertiary/aromatic N) is 4. The van der Waals surface area contributed by atoms with Crippen LogP contribution >= 0.6 is 0 Å². The van der Waals surface area contributed by atoms with E-state index in [2.05, 4.69) is 19.9 Å². The van der Waals surface area contributed by atoms with Crippen LogP contribution in [0.1, 0.15) is 16.8 Å². The van der Waals surface area contributed by atoms with Gasteiger partial charge in [0.15, 0.2) is 5.75 Å². The molecule has 0 amide bonds. The normalized spacial score (nSPS) is 10.7. The molecule has 7 heteroatoms. The molecule has 0 aliphatic carbocycles. The van der Waals surface area contributed by atoms with Gasteiger partial charge in [-0.15, -0.1) is 0 Å². The first-order valence-corrected chi connectivity index (χ1v) is 9.10. The zero-order valence-corrected chi connectivity index (χ0v) is 16.2. The fourth-order valence-corrected chi connectivity index (χ4v) is 2.98. The van der Waals surface area contributed by atoms with Crippen LogP contribution in [0.25, 0.3) is 11.0 Å². The standard InChI is InChI=1S/C22H20N4O3/c1-27-18-6-5-17(25-13-18)14-29-22-20(28-2)11-15(12-26-22)10-16-7-9-23-19-4-3-8-24-21(16)19/h3-9,11-13H,10,14H2,1-2H3. The molecule has 29 heavy (non-hydrogen) atoms. The van der Waals surface area contributed by atoms with Gasteiger partial charge in [0.1, 0.15) is 12.4 Å². The maximum Gasteiger partial charge on any atom is 0.257 e. The zero-order chi connectivity index (χ0) is 20.1. The Morgan fingerprint density at radius 3 is 2.59 bits per heavy atom. The van der Waals surface area contributed by atoms with Crippen molar-refractivity contribution >= 4 is 11.0 Å². The van der Waals surface area contributed by atoms with Crippen molar-refractivity contribution in [3.05, 3.63) is 78.0 Å². The molecule has 0 aliphatic rings. The third kappa shape index (κ3) is 4.24. The van der Waals surface area contributed by atoms with Crippen LogP contribution in [0.15, 0.2) is 61.2 Å². The fraction of sp³-hybridized carbons (Fsp3) is 0.182. The summed E-state index contributed by atoms with van der Waals surface area (Å²) in [5.41, 5.74) is 4.61. The van der Waals surface area contributed by atoms with Crippen LogP contribution in [0.3, 0.4) is 0 Å². The van der Waals surface area contributed by atoms with Crippen molar-refractivity contribution in [1.29, 1.82) is 0 Å². The number of hydrogen-bond acceptors (Lipinski definition) is 7. The zero-order valence-electron chi connectivity index (χ0n) is 16.2. The summed E-state index contributed by atoms with van der Waals surface area (Å²) in [7, 11) is 3.21. The van der Waals surface area contributed by atoms with E-state index < -0.39 is 0 Å². The Bertz CT molecular complexity index is 1110. The van der Waals surface area contributed by atoms with E-state index in [1.165, 1.54) is 0 Å². The van der Waals surface area contributed by atoms with Crippen LogP contribution in [0, 0.1) is 0 Å². The molecule has 0 radical (unpaired) electrons. The first kappa shape index (κ1) is 18.6. The van der Waals surface area contributed by atoms with Gasteiger partial charge in [0.05, 0.1) is 37.1 Å². The van der Waals surface area contributed by atoms with Crippen molar-refractivity contribution in [3.63, 3.8) is 0 Å². The molecule has 0 saturated carbocycles. The molecule has 0 N–H and O–H groups in total. The SMILES string of the molecule is COc1ccc(COc2ncc(Cc3ccnc4cccnc34)cc2OC)nc1. The number of hydrogen-bond donors (Lipinski definition) is 0. The third-order valence-corrected chi connectivity index (χ3v) is 4.46. The van der Waals surface area contributed by atoms with E-state index in [1.807, 2.05) is 36.4 Å². The number of methoxy groups -OCH3 is 2. The highest BCUT2D eigenvalue weighted by Gasteiger charge is 2.11. The summed E-state index contributed by atoms with van der Waals surface area (Å²) in [4.78, 5) is 17.5. The molecule has 0 fully saturated rings. The maximum atomic E-state index is 5.80. The van der Waals surface area contributed by atoms with Gasteiger partial charge in [-0.25, -0.2) is 4.98 Å². The topological polar surface area (TPSA) is 79.2 Å². The molecule has 4 aromatic rings. The Balaban J connectivity index is 1.51. The third-order valence-electron chi connectivity index (χ3n) is 4.46. The number of aromatic nitrogens is 4. The summed E-state index contributed by atoms with van der Waals surface area (Å²) in [6.07, 6.45) is 7.67. The van der Waals surface area contributed by atoms with Gasteiger partial charge < -0.3 is 14.2 Å². The van der Waals surface area contributed by atoms with Crippen LogP contribution in [0.5, 0.6) is 17.4 Å². The van der Waals surface area contributed by atoms with E-state index in [1.54, 1.807) is 39.0 Å². The summed E-state index contributed by atoms with van der Waals surface area (Å²) in [5, 5.41) is 0. The van der Waals surface area contributed by atoms with Crippen molar-refractivity contribution in [3.8, 4) is 17.4 Å². The predicted molar refractivity (Wildman–Crippen MR) is 108 cm³/mol. The summed E-state index contributed by atoms with van der Waals surface area (Å²) >= 11 is 0. The molecule has 4 rings (SSSR count). The van der Waals surface area contributed by atoms with Crippen molar-refractivity contribution < 1.29 is 14.2 Å². The van der Waals surface area contributed by atoms with Crippen LogP contribution in [0.4, 0.5) is 0 Å². The number of fused-ring (bicyclic) bond motifs is 1. The van der Waals surface area contributed by atoms with Crippen molar-refractivity contribution in [1.82, 2.24) is 19.9 Å². The molecule has 0 spiro atoms. The Morgan fingerprint density at radius 1 is 0.862 bits per heavy atom. The van der Waals surface area contributed by atoms with Crippen LogP contribution in [-0.4, -0.2) is 34.2 Å². The Morgan fingerprint density at radius 2 is 1.79 bits per heavy atom. The first-order chi connectivity index (χ1) is 14.3. The lowest BCUT2D eigenvalue weighted by Gasteiger charge is -2.11. The molecule has 0 bridgehead atoms. The van der Waals surface area contributed by atoms with Gasteiger partial charge in [0, 0.05) is 25.0 Å². The van der Waals surface area contributed by atoms with Gasteiger partial charge in [-0.05, 0) is 47.5 Å². The second-order valence-corrected chi connectivity index (χ2v) is 6.35. The van der Waals surface area contributed by atoms with E-state index >= 15 is 0 Å². The maximum absolute atomic E-state index is 5.80. The monoisotopic (exact) mass is 388 g/mol. The van der Waals surface area contributed by atoms with Gasteiger partial charge in [-0.1, -0.05) is 0 Å². The summed E-state index contributed by atoms with van der Waals surface area (Å²) in [5.74, 6) is 1.70. The van der Waals surface area contributed by atoms with E-state index in [-0.39, 0.29) is 6.61 Å². The van der Waals surface area contributed by atoms with E-state index in [0.29, 0.717) is 23.8 Å². The lowest BCUT2D eigenvalue weighted by atomic mass is 10.1. The van der Waals surface area contributed by atoms with Gasteiger partial charge in [-0.3, -0.25) is 15.0 Å². The van der Waals surface area contributed by atoms with Gasteiger partial charge >= 0.3 is 0 Å². The van der Waals surface area contributed by atoms with E-state index in [4.69, 9.17) is 14.2 Å². The van der Waals surface area contributed by atoms with E-state index in [9.17, 15) is 0 Å². The highest BCUT2D eigenvalue weighted by Crippen LogP contribution is 2.27. The molecule has 0 saturated heterocycles. The van der Waals surface area contributed by atoms with Crippen molar-refractivity contribution in [2.45, 2.75) is 13.0 Å². The molecular weight excluding hydrogens is 368 g/mol. The minimum absolute atomic E-state index is 0.283. The van der Waals surface area contributed by atoms with Gasteiger partial charge in [-0.2, -0.15) is 0 Å². The first-order valence-electron chi connectivity index (χ1n) is 9.10. The molecule has 0 aliphatic heterocycles.